The number of carbonyl (C=O) groups is 2. The predicted octanol–water partition coefficient (Wildman–Crippen LogP) is 5.90. The van der Waals surface area contributed by atoms with Crippen LogP contribution >= 0.6 is 82.3 Å². The van der Waals surface area contributed by atoms with Gasteiger partial charge in [0.1, 0.15) is 12.5 Å². The number of unbranched alkanes of at least 4 members (excludes halogenated alkanes) is 1. The highest BCUT2D eigenvalue weighted by atomic mass is 32.2. The molecule has 0 aromatic rings. The molecule has 214 valence electrons. The van der Waals surface area contributed by atoms with E-state index < -0.39 is 0 Å². The van der Waals surface area contributed by atoms with E-state index in [1.54, 1.807) is 47.0 Å². The van der Waals surface area contributed by atoms with E-state index in [0.717, 1.165) is 62.6 Å². The fraction of sp³-hybridized carbons (Fsp3) is 0.909. The fourth-order valence-corrected chi connectivity index (χ4v) is 8.90. The number of aliphatic hydroxyl groups excluding tert-OH is 1. The maximum atomic E-state index is 11.8. The van der Waals surface area contributed by atoms with Crippen molar-refractivity contribution in [3.8, 4) is 0 Å². The first-order valence-corrected chi connectivity index (χ1v) is 20.0. The zero-order chi connectivity index (χ0) is 26.4. The summed E-state index contributed by atoms with van der Waals surface area (Å²) in [5.74, 6) is 4.37. The molecule has 7 nitrogen and oxygen atoms in total. The predicted molar refractivity (Wildman–Crippen MR) is 167 cm³/mol. The van der Waals surface area contributed by atoms with Gasteiger partial charge in [-0.25, -0.2) is 9.78 Å². The summed E-state index contributed by atoms with van der Waals surface area (Å²) in [5.41, 5.74) is 0. The molecule has 0 radical (unpaired) electrons. The van der Waals surface area contributed by atoms with Crippen molar-refractivity contribution in [3.63, 3.8) is 0 Å². The molecule has 0 spiro atoms. The Bertz CT molecular complexity index is 494. The van der Waals surface area contributed by atoms with Gasteiger partial charge in [-0.3, -0.25) is 9.59 Å². The normalized spacial score (nSPS) is 11.1. The van der Waals surface area contributed by atoms with Crippen LogP contribution in [0.3, 0.4) is 0 Å². The molecule has 0 bridgehead atoms. The summed E-state index contributed by atoms with van der Waals surface area (Å²) in [6.45, 7) is 3.98. The molecule has 0 aromatic heterocycles. The molecule has 0 aromatic carbocycles. The lowest BCUT2D eigenvalue weighted by molar-refractivity contribution is -0.290. The third-order valence-corrected chi connectivity index (χ3v) is 11.8. The molecule has 0 fully saturated rings. The second kappa shape index (κ2) is 32.5. The molecule has 36 heavy (non-hydrogen) atoms. The highest BCUT2D eigenvalue weighted by Gasteiger charge is 2.04. The SMILES string of the molecule is CCCOOCCSCSCSCCOC(=O)CCCCSCSCCC(=O)OCSCSCCO. The average Bonchev–Trinajstić information content (AvgIpc) is 2.87. The Labute approximate surface area is 247 Å². The van der Waals surface area contributed by atoms with Crippen LogP contribution in [0, 0.1) is 0 Å². The van der Waals surface area contributed by atoms with Gasteiger partial charge in [0, 0.05) is 49.8 Å². The maximum absolute atomic E-state index is 11.8. The lowest BCUT2D eigenvalue weighted by Gasteiger charge is -2.06. The first kappa shape index (κ1) is 37.3. The third kappa shape index (κ3) is 31.5. The van der Waals surface area contributed by atoms with Crippen LogP contribution < -0.4 is 0 Å². The molecule has 0 atom stereocenters. The van der Waals surface area contributed by atoms with Crippen LogP contribution in [0.4, 0.5) is 0 Å². The van der Waals surface area contributed by atoms with Gasteiger partial charge < -0.3 is 14.6 Å². The summed E-state index contributed by atoms with van der Waals surface area (Å²) in [6, 6.07) is 0. The molecule has 14 heteroatoms. The van der Waals surface area contributed by atoms with Gasteiger partial charge in [0.25, 0.3) is 0 Å². The van der Waals surface area contributed by atoms with E-state index in [2.05, 4.69) is 0 Å². The highest BCUT2D eigenvalue weighted by molar-refractivity contribution is 8.22. The summed E-state index contributed by atoms with van der Waals surface area (Å²) in [6.07, 6.45) is 3.72. The van der Waals surface area contributed by atoms with Crippen LogP contribution in [0.5, 0.6) is 0 Å². The van der Waals surface area contributed by atoms with Gasteiger partial charge in [-0.1, -0.05) is 6.92 Å². The van der Waals surface area contributed by atoms with Crippen molar-refractivity contribution in [2.75, 3.05) is 81.5 Å². The lowest BCUT2D eigenvalue weighted by atomic mass is 10.2. The zero-order valence-electron chi connectivity index (χ0n) is 21.2. The summed E-state index contributed by atoms with van der Waals surface area (Å²) < 4.78 is 10.5. The second-order valence-electron chi connectivity index (χ2n) is 6.85. The molecule has 0 saturated carbocycles. The van der Waals surface area contributed by atoms with E-state index >= 15 is 0 Å². The van der Waals surface area contributed by atoms with Gasteiger partial charge in [-0.05, 0) is 25.0 Å². The number of thioether (sulfide) groups is 7. The molecule has 0 saturated heterocycles. The van der Waals surface area contributed by atoms with Crippen LogP contribution in [-0.2, 0) is 28.8 Å². The lowest BCUT2D eigenvalue weighted by Crippen LogP contribution is -2.07. The van der Waals surface area contributed by atoms with Crippen molar-refractivity contribution in [2.45, 2.75) is 39.0 Å². The number of esters is 2. The van der Waals surface area contributed by atoms with Gasteiger partial charge in [0.2, 0.25) is 0 Å². The van der Waals surface area contributed by atoms with Crippen LogP contribution in [0.1, 0.15) is 39.0 Å². The summed E-state index contributed by atoms with van der Waals surface area (Å²) in [5, 5.41) is 12.5. The van der Waals surface area contributed by atoms with Gasteiger partial charge in [0.15, 0.2) is 0 Å². The Hall–Kier alpha value is 1.27. The van der Waals surface area contributed by atoms with E-state index in [1.165, 1.54) is 0 Å². The van der Waals surface area contributed by atoms with E-state index in [0.29, 0.717) is 44.4 Å². The molecule has 0 heterocycles. The van der Waals surface area contributed by atoms with Gasteiger partial charge in [-0.2, -0.15) is 23.5 Å². The molecular formula is C22H42O7S7. The molecule has 0 unspecified atom stereocenters. The third-order valence-electron chi connectivity index (χ3n) is 3.75. The minimum Gasteiger partial charge on any atom is -0.465 e. The smallest absolute Gasteiger partial charge is 0.307 e. The minimum absolute atomic E-state index is 0.104. The van der Waals surface area contributed by atoms with Crippen molar-refractivity contribution in [2.24, 2.45) is 0 Å². The number of carbonyl (C=O) groups excluding carboxylic acids is 2. The monoisotopic (exact) mass is 642 g/mol. The van der Waals surface area contributed by atoms with Crippen LogP contribution in [-0.4, -0.2) is 98.5 Å². The number of hydrogen-bond donors (Lipinski definition) is 1. The maximum Gasteiger partial charge on any atom is 0.307 e. The first-order chi connectivity index (χ1) is 17.7. The molecule has 0 aliphatic carbocycles. The molecular weight excluding hydrogens is 601 g/mol. The Balaban J connectivity index is 3.23. The Morgan fingerprint density at radius 2 is 1.22 bits per heavy atom. The highest BCUT2D eigenvalue weighted by Crippen LogP contribution is 2.18. The largest absolute Gasteiger partial charge is 0.465 e. The van der Waals surface area contributed by atoms with E-state index in [1.807, 2.05) is 42.2 Å². The minimum atomic E-state index is -0.156. The Morgan fingerprint density at radius 3 is 2.00 bits per heavy atom. The van der Waals surface area contributed by atoms with E-state index in [4.69, 9.17) is 24.4 Å². The van der Waals surface area contributed by atoms with Crippen molar-refractivity contribution < 1.29 is 33.9 Å². The standard InChI is InChI=1S/C22H42O7S7/c1-2-8-28-29-10-15-34-20-36-19-33-14-9-26-21(24)5-3-4-11-30-17-31-12-6-22(25)27-16-35-18-32-13-7-23/h23H,2-20H2,1H3. The van der Waals surface area contributed by atoms with E-state index in [-0.39, 0.29) is 18.5 Å². The Morgan fingerprint density at radius 1 is 0.611 bits per heavy atom. The zero-order valence-corrected chi connectivity index (χ0v) is 26.9. The fourth-order valence-electron chi connectivity index (χ4n) is 2.05. The second-order valence-corrected chi connectivity index (χ2v) is 15.8. The Kier molecular flexibility index (Phi) is 33.6. The molecule has 0 aliphatic rings. The van der Waals surface area contributed by atoms with Gasteiger partial charge in [0.05, 0.1) is 26.2 Å². The number of hydrogen-bond acceptors (Lipinski definition) is 14. The number of aliphatic hydroxyl groups is 1. The summed E-state index contributed by atoms with van der Waals surface area (Å²) in [4.78, 5) is 33.4. The molecule has 0 rings (SSSR count). The molecule has 0 amide bonds. The number of ether oxygens (including phenoxy) is 2. The molecule has 1 N–H and O–H groups in total. The van der Waals surface area contributed by atoms with Gasteiger partial charge in [-0.15, -0.1) is 58.8 Å². The summed E-state index contributed by atoms with van der Waals surface area (Å²) >= 11 is 12.2. The van der Waals surface area contributed by atoms with Crippen molar-refractivity contribution >= 4 is 94.3 Å². The van der Waals surface area contributed by atoms with Crippen molar-refractivity contribution in [3.05, 3.63) is 0 Å². The first-order valence-electron chi connectivity index (χ1n) is 11.9. The summed E-state index contributed by atoms with van der Waals surface area (Å²) in [7, 11) is 0. The number of rotatable bonds is 29. The van der Waals surface area contributed by atoms with Crippen LogP contribution in [0.15, 0.2) is 0 Å². The van der Waals surface area contributed by atoms with Crippen molar-refractivity contribution in [1.82, 2.24) is 0 Å². The quantitative estimate of drug-likeness (QED) is 0.0345. The molecule has 0 aliphatic heterocycles. The average molecular weight is 643 g/mol. The van der Waals surface area contributed by atoms with Crippen molar-refractivity contribution in [1.29, 1.82) is 0 Å². The van der Waals surface area contributed by atoms with Crippen LogP contribution in [0.2, 0.25) is 0 Å². The van der Waals surface area contributed by atoms with Crippen LogP contribution in [0.25, 0.3) is 0 Å². The van der Waals surface area contributed by atoms with E-state index in [9.17, 15) is 9.59 Å². The van der Waals surface area contributed by atoms with Gasteiger partial charge >= 0.3 is 11.9 Å². The topological polar surface area (TPSA) is 91.3 Å².